The van der Waals surface area contributed by atoms with Crippen LogP contribution in [0.4, 0.5) is 4.79 Å². The number of nitrogens with zero attached hydrogens (tertiary/aromatic N) is 4. The molecule has 1 N–H and O–H groups in total. The standard InChI is InChI=1S/C12H16IN5O4/c1-12(2,3)14-11(20)16-4-5-17-7(6-16)8(9(13)15-17)10(19)18(21)22/h4-6H2,1-3H3,(H,14,20). The quantitative estimate of drug-likeness (QED) is 0.417. The number of nitrogens with one attached hydrogen (secondary N) is 1. The molecular weight excluding hydrogens is 405 g/mol. The molecule has 120 valence electrons. The monoisotopic (exact) mass is 421 g/mol. The average molecular weight is 421 g/mol. The lowest BCUT2D eigenvalue weighted by atomic mass is 10.1. The van der Waals surface area contributed by atoms with E-state index in [9.17, 15) is 19.7 Å². The van der Waals surface area contributed by atoms with E-state index in [1.807, 2.05) is 20.8 Å². The van der Waals surface area contributed by atoms with Crippen LogP contribution in [0.15, 0.2) is 0 Å². The predicted octanol–water partition coefficient (Wildman–Crippen LogP) is 1.23. The molecule has 0 saturated heterocycles. The van der Waals surface area contributed by atoms with Crippen molar-refractivity contribution in [3.05, 3.63) is 25.1 Å². The second kappa shape index (κ2) is 5.82. The molecule has 1 aromatic rings. The summed E-state index contributed by atoms with van der Waals surface area (Å²) >= 11 is 1.80. The molecule has 0 fully saturated rings. The molecule has 9 nitrogen and oxygen atoms in total. The van der Waals surface area contributed by atoms with Gasteiger partial charge in [0.05, 0.1) is 18.8 Å². The van der Waals surface area contributed by atoms with Crippen molar-refractivity contribution in [3.8, 4) is 0 Å². The Kier molecular flexibility index (Phi) is 4.40. The summed E-state index contributed by atoms with van der Waals surface area (Å²) in [5, 5.41) is 17.7. The van der Waals surface area contributed by atoms with Crippen LogP contribution in [0.5, 0.6) is 0 Å². The number of hydrogen-bond donors (Lipinski definition) is 1. The minimum Gasteiger partial charge on any atom is -0.333 e. The van der Waals surface area contributed by atoms with Gasteiger partial charge in [0.25, 0.3) is 0 Å². The van der Waals surface area contributed by atoms with Crippen LogP contribution in [0.1, 0.15) is 36.8 Å². The van der Waals surface area contributed by atoms with Crippen molar-refractivity contribution in [2.75, 3.05) is 6.54 Å². The number of hydrogen-bond acceptors (Lipinski definition) is 5. The van der Waals surface area contributed by atoms with E-state index in [-0.39, 0.29) is 27.4 Å². The van der Waals surface area contributed by atoms with E-state index in [1.165, 1.54) is 4.90 Å². The van der Waals surface area contributed by atoms with Crippen LogP contribution in [0, 0.1) is 13.8 Å². The number of fused-ring (bicyclic) bond motifs is 1. The molecule has 1 aliphatic heterocycles. The Balaban J connectivity index is 2.28. The van der Waals surface area contributed by atoms with Gasteiger partial charge in [-0.2, -0.15) is 5.10 Å². The first kappa shape index (κ1) is 16.6. The highest BCUT2D eigenvalue weighted by molar-refractivity contribution is 14.1. The first-order chi connectivity index (χ1) is 10.1. The highest BCUT2D eigenvalue weighted by atomic mass is 127. The lowest BCUT2D eigenvalue weighted by Gasteiger charge is -2.31. The Hall–Kier alpha value is -1.72. The molecule has 22 heavy (non-hydrogen) atoms. The van der Waals surface area contributed by atoms with Crippen molar-refractivity contribution in [2.24, 2.45) is 0 Å². The summed E-state index contributed by atoms with van der Waals surface area (Å²) in [6.07, 6.45) is 0. The van der Waals surface area contributed by atoms with E-state index in [4.69, 9.17) is 0 Å². The molecule has 2 rings (SSSR count). The van der Waals surface area contributed by atoms with E-state index in [2.05, 4.69) is 10.4 Å². The van der Waals surface area contributed by atoms with Crippen LogP contribution in [-0.4, -0.2) is 43.6 Å². The molecule has 2 heterocycles. The lowest BCUT2D eigenvalue weighted by Crippen LogP contribution is -2.50. The van der Waals surface area contributed by atoms with Crippen molar-refractivity contribution >= 4 is 34.5 Å². The highest BCUT2D eigenvalue weighted by Crippen LogP contribution is 2.22. The number of rotatable bonds is 1. The summed E-state index contributed by atoms with van der Waals surface area (Å²) in [6.45, 7) is 6.54. The fourth-order valence-corrected chi connectivity index (χ4v) is 2.96. The zero-order valence-electron chi connectivity index (χ0n) is 12.4. The maximum absolute atomic E-state index is 12.2. The summed E-state index contributed by atoms with van der Waals surface area (Å²) < 4.78 is 1.84. The molecule has 1 aliphatic rings. The van der Waals surface area contributed by atoms with Crippen molar-refractivity contribution in [3.63, 3.8) is 0 Å². The zero-order valence-corrected chi connectivity index (χ0v) is 14.6. The second-order valence-electron chi connectivity index (χ2n) is 6.00. The predicted molar refractivity (Wildman–Crippen MR) is 85.0 cm³/mol. The molecule has 0 unspecified atom stereocenters. The minimum absolute atomic E-state index is 0.0288. The van der Waals surface area contributed by atoms with Crippen LogP contribution in [0.2, 0.25) is 0 Å². The number of amides is 3. The number of carbonyl (C=O) groups is 2. The third kappa shape index (κ3) is 3.36. The molecule has 0 saturated carbocycles. The third-order valence-electron chi connectivity index (χ3n) is 3.09. The normalized spacial score (nSPS) is 14.5. The number of carbonyl (C=O) groups excluding carboxylic acids is 2. The van der Waals surface area contributed by atoms with Gasteiger partial charge in [-0.15, -0.1) is 0 Å². The molecule has 3 amide bonds. The van der Waals surface area contributed by atoms with Gasteiger partial charge < -0.3 is 10.2 Å². The molecule has 0 radical (unpaired) electrons. The number of aromatic nitrogens is 2. The summed E-state index contributed by atoms with van der Waals surface area (Å²) in [6, 6.07) is -0.269. The second-order valence-corrected chi connectivity index (χ2v) is 7.02. The van der Waals surface area contributed by atoms with Gasteiger partial charge in [-0.25, -0.2) is 9.59 Å². The SMILES string of the molecule is CC(C)(C)NC(=O)N1CCn2nc(I)c(C(=O)[N+](=O)[O-])c2C1. The molecule has 1 aromatic heterocycles. The van der Waals surface area contributed by atoms with E-state index in [0.29, 0.717) is 18.8 Å². The van der Waals surface area contributed by atoms with E-state index >= 15 is 0 Å². The van der Waals surface area contributed by atoms with E-state index in [1.54, 1.807) is 27.3 Å². The Morgan fingerprint density at radius 1 is 1.36 bits per heavy atom. The smallest absolute Gasteiger partial charge is 0.333 e. The molecule has 0 atom stereocenters. The fourth-order valence-electron chi connectivity index (χ4n) is 2.16. The Morgan fingerprint density at radius 2 is 2.00 bits per heavy atom. The summed E-state index contributed by atoms with van der Waals surface area (Å²) in [5.74, 6) is -1.19. The topological polar surface area (TPSA) is 110 Å². The zero-order chi connectivity index (χ0) is 16.7. The van der Waals surface area contributed by atoms with Crippen molar-refractivity contribution in [1.29, 1.82) is 0 Å². The van der Waals surface area contributed by atoms with E-state index < -0.39 is 10.8 Å². The number of urea groups is 1. The van der Waals surface area contributed by atoms with Crippen molar-refractivity contribution in [2.45, 2.75) is 39.4 Å². The van der Waals surface area contributed by atoms with Gasteiger partial charge in [0.1, 0.15) is 8.62 Å². The average Bonchev–Trinajstić information content (AvgIpc) is 2.70. The Morgan fingerprint density at radius 3 is 2.55 bits per heavy atom. The maximum atomic E-state index is 12.2. The summed E-state index contributed by atoms with van der Waals surface area (Å²) in [4.78, 5) is 35.3. The highest BCUT2D eigenvalue weighted by Gasteiger charge is 2.34. The largest absolute Gasteiger partial charge is 0.481 e. The van der Waals surface area contributed by atoms with Gasteiger partial charge in [-0.05, 0) is 43.4 Å². The maximum Gasteiger partial charge on any atom is 0.481 e. The first-order valence-electron chi connectivity index (χ1n) is 6.61. The van der Waals surface area contributed by atoms with Crippen molar-refractivity contribution in [1.82, 2.24) is 20.0 Å². The van der Waals surface area contributed by atoms with E-state index in [0.717, 1.165) is 0 Å². The molecule has 10 heteroatoms. The molecule has 0 aromatic carbocycles. The molecule has 0 bridgehead atoms. The molecule has 0 aliphatic carbocycles. The van der Waals surface area contributed by atoms with Gasteiger partial charge in [0, 0.05) is 12.1 Å². The molecular formula is C12H16IN5O4. The van der Waals surface area contributed by atoms with Crippen LogP contribution in [0.25, 0.3) is 0 Å². The van der Waals surface area contributed by atoms with Crippen LogP contribution >= 0.6 is 22.6 Å². The van der Waals surface area contributed by atoms with Gasteiger partial charge in [-0.3, -0.25) is 14.8 Å². The van der Waals surface area contributed by atoms with Crippen LogP contribution in [0.3, 0.4) is 0 Å². The Bertz CT molecular complexity index is 649. The number of nitro groups is 1. The van der Waals surface area contributed by atoms with Gasteiger partial charge in [0.2, 0.25) is 0 Å². The summed E-state index contributed by atoms with van der Waals surface area (Å²) in [7, 11) is 0. The lowest BCUT2D eigenvalue weighted by molar-refractivity contribution is -0.375. The fraction of sp³-hybridized carbons (Fsp3) is 0.583. The summed E-state index contributed by atoms with van der Waals surface area (Å²) in [5.41, 5.74) is -0.0110. The van der Waals surface area contributed by atoms with Crippen molar-refractivity contribution < 1.29 is 14.5 Å². The van der Waals surface area contributed by atoms with Gasteiger partial charge in [-0.1, -0.05) is 0 Å². The first-order valence-corrected chi connectivity index (χ1v) is 7.69. The number of halogens is 1. The van der Waals surface area contributed by atoms with Gasteiger partial charge >= 0.3 is 11.9 Å². The minimum atomic E-state index is -1.19. The van der Waals surface area contributed by atoms with Crippen LogP contribution in [-0.2, 0) is 13.1 Å². The van der Waals surface area contributed by atoms with Gasteiger partial charge in [0.15, 0.2) is 5.56 Å². The Labute approximate surface area is 140 Å². The molecule has 0 spiro atoms. The third-order valence-corrected chi connectivity index (χ3v) is 3.84. The van der Waals surface area contributed by atoms with Crippen LogP contribution < -0.4 is 5.32 Å².